The molecule has 0 aliphatic carbocycles. The van der Waals surface area contributed by atoms with E-state index in [4.69, 9.17) is 9.47 Å². The maximum atomic E-state index is 5.98. The van der Waals surface area contributed by atoms with E-state index < -0.39 is 0 Å². The van der Waals surface area contributed by atoms with Gasteiger partial charge in [0, 0.05) is 12.8 Å². The Hall–Kier alpha value is -1.13. The number of hydrogen-bond donors (Lipinski definition) is 1. The van der Waals surface area contributed by atoms with Crippen LogP contribution in [0.2, 0.25) is 0 Å². The molecule has 0 bridgehead atoms. The molecule has 1 heterocycles. The lowest BCUT2D eigenvalue weighted by Gasteiger charge is -2.36. The Labute approximate surface area is 122 Å². The molecule has 0 saturated carbocycles. The van der Waals surface area contributed by atoms with E-state index in [1.165, 1.54) is 0 Å². The SMILES string of the molecule is CCOc1cncc(C(NC)C(OCC)C(C)(C)C)c1. The molecule has 0 fully saturated rings. The highest BCUT2D eigenvalue weighted by atomic mass is 16.5. The third kappa shape index (κ3) is 4.46. The van der Waals surface area contributed by atoms with Crippen molar-refractivity contribution in [2.24, 2.45) is 5.41 Å². The highest BCUT2D eigenvalue weighted by molar-refractivity contribution is 5.27. The fourth-order valence-corrected chi connectivity index (χ4v) is 2.37. The van der Waals surface area contributed by atoms with Crippen LogP contribution in [0.1, 0.15) is 46.2 Å². The van der Waals surface area contributed by atoms with Crippen LogP contribution in [0, 0.1) is 5.41 Å². The summed E-state index contributed by atoms with van der Waals surface area (Å²) in [6, 6.07) is 2.12. The minimum Gasteiger partial charge on any atom is -0.492 e. The summed E-state index contributed by atoms with van der Waals surface area (Å²) < 4.78 is 11.5. The second-order valence-corrected chi connectivity index (χ2v) is 5.90. The van der Waals surface area contributed by atoms with Crippen molar-refractivity contribution in [1.82, 2.24) is 10.3 Å². The fourth-order valence-electron chi connectivity index (χ4n) is 2.37. The van der Waals surface area contributed by atoms with Gasteiger partial charge in [0.15, 0.2) is 0 Å². The van der Waals surface area contributed by atoms with E-state index >= 15 is 0 Å². The van der Waals surface area contributed by atoms with Crippen molar-refractivity contribution >= 4 is 0 Å². The molecule has 114 valence electrons. The molecule has 0 amide bonds. The molecule has 1 rings (SSSR count). The van der Waals surface area contributed by atoms with Gasteiger partial charge in [0.25, 0.3) is 0 Å². The summed E-state index contributed by atoms with van der Waals surface area (Å²) in [5.41, 5.74) is 1.12. The molecular weight excluding hydrogens is 252 g/mol. The second kappa shape index (κ2) is 7.60. The van der Waals surface area contributed by atoms with Gasteiger partial charge in [-0.05, 0) is 37.9 Å². The van der Waals surface area contributed by atoms with Gasteiger partial charge in [-0.2, -0.15) is 0 Å². The lowest BCUT2D eigenvalue weighted by atomic mass is 9.82. The van der Waals surface area contributed by atoms with Crippen LogP contribution in [0.4, 0.5) is 0 Å². The Morgan fingerprint density at radius 3 is 2.40 bits per heavy atom. The van der Waals surface area contributed by atoms with Gasteiger partial charge in [0.05, 0.1) is 24.9 Å². The summed E-state index contributed by atoms with van der Waals surface area (Å²) in [7, 11) is 1.95. The number of nitrogens with zero attached hydrogens (tertiary/aromatic N) is 1. The van der Waals surface area contributed by atoms with Crippen molar-refractivity contribution < 1.29 is 9.47 Å². The van der Waals surface area contributed by atoms with Gasteiger partial charge in [-0.3, -0.25) is 4.98 Å². The molecule has 20 heavy (non-hydrogen) atoms. The summed E-state index contributed by atoms with van der Waals surface area (Å²) in [6.45, 7) is 11.9. The summed E-state index contributed by atoms with van der Waals surface area (Å²) in [6.07, 6.45) is 3.68. The van der Waals surface area contributed by atoms with Gasteiger partial charge in [0.2, 0.25) is 0 Å². The van der Waals surface area contributed by atoms with Crippen molar-refractivity contribution in [1.29, 1.82) is 0 Å². The second-order valence-electron chi connectivity index (χ2n) is 5.90. The van der Waals surface area contributed by atoms with Gasteiger partial charge in [0.1, 0.15) is 5.75 Å². The summed E-state index contributed by atoms with van der Waals surface area (Å²) >= 11 is 0. The smallest absolute Gasteiger partial charge is 0.137 e. The van der Waals surface area contributed by atoms with E-state index in [0.717, 1.165) is 11.3 Å². The van der Waals surface area contributed by atoms with E-state index in [9.17, 15) is 0 Å². The van der Waals surface area contributed by atoms with Crippen LogP contribution in [0.5, 0.6) is 5.75 Å². The molecule has 4 heteroatoms. The highest BCUT2D eigenvalue weighted by Gasteiger charge is 2.33. The normalized spacial score (nSPS) is 14.9. The average Bonchev–Trinajstić information content (AvgIpc) is 2.38. The van der Waals surface area contributed by atoms with Crippen LogP contribution in [-0.4, -0.2) is 31.3 Å². The first kappa shape index (κ1) is 16.9. The molecule has 0 saturated heterocycles. The molecule has 0 aliphatic rings. The zero-order valence-electron chi connectivity index (χ0n) is 13.6. The van der Waals surface area contributed by atoms with E-state index in [2.05, 4.69) is 31.1 Å². The molecule has 0 spiro atoms. The number of pyridine rings is 1. The number of nitrogens with one attached hydrogen (secondary N) is 1. The van der Waals surface area contributed by atoms with E-state index in [0.29, 0.717) is 13.2 Å². The van der Waals surface area contributed by atoms with Crippen molar-refractivity contribution in [2.75, 3.05) is 20.3 Å². The maximum absolute atomic E-state index is 5.98. The number of ether oxygens (including phenoxy) is 2. The number of aromatic nitrogens is 1. The third-order valence-corrected chi connectivity index (χ3v) is 3.22. The lowest BCUT2D eigenvalue weighted by Crippen LogP contribution is -2.41. The predicted octanol–water partition coefficient (Wildman–Crippen LogP) is 3.19. The first-order valence-corrected chi connectivity index (χ1v) is 7.30. The maximum Gasteiger partial charge on any atom is 0.137 e. The Balaban J connectivity index is 3.06. The van der Waals surface area contributed by atoms with Gasteiger partial charge in [-0.15, -0.1) is 0 Å². The molecular formula is C16H28N2O2. The Morgan fingerprint density at radius 1 is 1.20 bits per heavy atom. The molecule has 0 aromatic carbocycles. The fraction of sp³-hybridized carbons (Fsp3) is 0.688. The summed E-state index contributed by atoms with van der Waals surface area (Å²) in [5, 5.41) is 3.36. The molecule has 4 nitrogen and oxygen atoms in total. The quantitative estimate of drug-likeness (QED) is 0.833. The van der Waals surface area contributed by atoms with Gasteiger partial charge in [-0.1, -0.05) is 20.8 Å². The van der Waals surface area contributed by atoms with Crippen LogP contribution in [0.15, 0.2) is 18.5 Å². The number of rotatable bonds is 7. The standard InChI is InChI=1S/C16H28N2O2/c1-7-19-13-9-12(10-18-11-13)14(17-6)15(20-8-2)16(3,4)5/h9-11,14-15,17H,7-8H2,1-6H3. The highest BCUT2D eigenvalue weighted by Crippen LogP contribution is 2.33. The molecule has 1 aromatic rings. The van der Waals surface area contributed by atoms with Gasteiger partial charge < -0.3 is 14.8 Å². The van der Waals surface area contributed by atoms with Crippen molar-refractivity contribution in [2.45, 2.75) is 46.8 Å². The zero-order chi connectivity index (χ0) is 15.2. The molecule has 0 radical (unpaired) electrons. The van der Waals surface area contributed by atoms with Gasteiger partial charge >= 0.3 is 0 Å². The molecule has 1 N–H and O–H groups in total. The van der Waals surface area contributed by atoms with Crippen LogP contribution < -0.4 is 10.1 Å². The monoisotopic (exact) mass is 280 g/mol. The van der Waals surface area contributed by atoms with Crippen LogP contribution in [0.25, 0.3) is 0 Å². The Kier molecular flexibility index (Phi) is 6.43. The number of hydrogen-bond acceptors (Lipinski definition) is 4. The zero-order valence-corrected chi connectivity index (χ0v) is 13.6. The lowest BCUT2D eigenvalue weighted by molar-refractivity contribution is -0.0351. The molecule has 0 aliphatic heterocycles. The van der Waals surface area contributed by atoms with Crippen LogP contribution >= 0.6 is 0 Å². The minimum absolute atomic E-state index is 0.0330. The van der Waals surface area contributed by atoms with Crippen molar-refractivity contribution in [3.63, 3.8) is 0 Å². The van der Waals surface area contributed by atoms with Crippen LogP contribution in [0.3, 0.4) is 0 Å². The average molecular weight is 280 g/mol. The molecule has 1 aromatic heterocycles. The minimum atomic E-state index is 0.0330. The van der Waals surface area contributed by atoms with Gasteiger partial charge in [-0.25, -0.2) is 0 Å². The van der Waals surface area contributed by atoms with Crippen molar-refractivity contribution in [3.05, 3.63) is 24.0 Å². The summed E-state index contributed by atoms with van der Waals surface area (Å²) in [5.74, 6) is 0.800. The largest absolute Gasteiger partial charge is 0.492 e. The first-order chi connectivity index (χ1) is 9.43. The van der Waals surface area contributed by atoms with Crippen molar-refractivity contribution in [3.8, 4) is 5.75 Å². The molecule has 2 atom stereocenters. The third-order valence-electron chi connectivity index (χ3n) is 3.22. The van der Waals surface area contributed by atoms with E-state index in [1.807, 2.05) is 33.2 Å². The van der Waals surface area contributed by atoms with Crippen LogP contribution in [-0.2, 0) is 4.74 Å². The summed E-state index contributed by atoms with van der Waals surface area (Å²) in [4.78, 5) is 4.28. The van der Waals surface area contributed by atoms with E-state index in [1.54, 1.807) is 6.20 Å². The number of likely N-dealkylation sites (N-methyl/N-ethyl adjacent to an activating group) is 1. The predicted molar refractivity (Wildman–Crippen MR) is 82.1 cm³/mol. The topological polar surface area (TPSA) is 43.4 Å². The Bertz CT molecular complexity index is 402. The molecule has 2 unspecified atom stereocenters. The van der Waals surface area contributed by atoms with E-state index in [-0.39, 0.29) is 17.6 Å². The first-order valence-electron chi connectivity index (χ1n) is 7.30. The Morgan fingerprint density at radius 2 is 1.90 bits per heavy atom.